The molecule has 3 rings (SSSR count). The van der Waals surface area contributed by atoms with Crippen molar-refractivity contribution in [2.45, 2.75) is 19.4 Å². The molecule has 0 aliphatic carbocycles. The highest BCUT2D eigenvalue weighted by molar-refractivity contribution is 5.89. The summed E-state index contributed by atoms with van der Waals surface area (Å²) < 4.78 is 5.44. The van der Waals surface area contributed by atoms with Gasteiger partial charge >= 0.3 is 5.97 Å². The number of benzene rings is 1. The molecule has 0 bridgehead atoms. The van der Waals surface area contributed by atoms with Crippen LogP contribution in [-0.2, 0) is 11.2 Å². The second kappa shape index (κ2) is 6.83. The average molecular weight is 308 g/mol. The summed E-state index contributed by atoms with van der Waals surface area (Å²) in [7, 11) is 0. The lowest BCUT2D eigenvalue weighted by Crippen LogP contribution is -2.10. The lowest BCUT2D eigenvalue weighted by atomic mass is 10.1. The molecule has 0 amide bonds. The Balaban J connectivity index is 1.63. The van der Waals surface area contributed by atoms with Crippen molar-refractivity contribution in [3.05, 3.63) is 77.6 Å². The van der Waals surface area contributed by atoms with Gasteiger partial charge in [-0.25, -0.2) is 9.78 Å². The number of aromatic nitrogens is 4. The lowest BCUT2D eigenvalue weighted by molar-refractivity contribution is 0.0329. The summed E-state index contributed by atoms with van der Waals surface area (Å²) in [5.41, 5.74) is 2.27. The Labute approximate surface area is 133 Å². The van der Waals surface area contributed by atoms with Gasteiger partial charge in [0.1, 0.15) is 18.3 Å². The van der Waals surface area contributed by atoms with Crippen LogP contribution in [0.4, 0.5) is 0 Å². The summed E-state index contributed by atoms with van der Waals surface area (Å²) in [6.07, 6.45) is 3.40. The number of rotatable bonds is 5. The van der Waals surface area contributed by atoms with E-state index in [1.807, 2.05) is 30.3 Å². The SMILES string of the molecule is CC(OC(=O)c1ccc(Cc2ncn[nH]2)cc1)c1ccccn1. The average Bonchev–Trinajstić information content (AvgIpc) is 3.09. The molecule has 0 aliphatic rings. The fourth-order valence-corrected chi connectivity index (χ4v) is 2.17. The summed E-state index contributed by atoms with van der Waals surface area (Å²) in [5.74, 6) is 0.415. The van der Waals surface area contributed by atoms with Crippen LogP contribution in [-0.4, -0.2) is 26.1 Å². The third kappa shape index (κ3) is 3.79. The van der Waals surface area contributed by atoms with Crippen molar-refractivity contribution in [3.8, 4) is 0 Å². The Morgan fingerprint density at radius 3 is 2.65 bits per heavy atom. The van der Waals surface area contributed by atoms with E-state index in [4.69, 9.17) is 4.74 Å². The summed E-state index contributed by atoms with van der Waals surface area (Å²) >= 11 is 0. The van der Waals surface area contributed by atoms with E-state index in [-0.39, 0.29) is 5.97 Å². The Hall–Kier alpha value is -3.02. The molecule has 0 aliphatic heterocycles. The van der Waals surface area contributed by atoms with Gasteiger partial charge in [-0.1, -0.05) is 18.2 Å². The zero-order valence-corrected chi connectivity index (χ0v) is 12.6. The van der Waals surface area contributed by atoms with Crippen LogP contribution in [0.2, 0.25) is 0 Å². The quantitative estimate of drug-likeness (QED) is 0.733. The molecule has 1 aromatic carbocycles. The monoisotopic (exact) mass is 308 g/mol. The van der Waals surface area contributed by atoms with Gasteiger partial charge in [0.05, 0.1) is 11.3 Å². The number of hydrogen-bond acceptors (Lipinski definition) is 5. The summed E-state index contributed by atoms with van der Waals surface area (Å²) in [6.45, 7) is 1.80. The van der Waals surface area contributed by atoms with E-state index in [0.29, 0.717) is 12.0 Å². The van der Waals surface area contributed by atoms with Gasteiger partial charge in [0.15, 0.2) is 0 Å². The smallest absolute Gasteiger partial charge is 0.338 e. The highest BCUT2D eigenvalue weighted by Crippen LogP contribution is 2.16. The van der Waals surface area contributed by atoms with E-state index in [9.17, 15) is 4.79 Å². The second-order valence-corrected chi connectivity index (χ2v) is 5.11. The largest absolute Gasteiger partial charge is 0.453 e. The van der Waals surface area contributed by atoms with E-state index < -0.39 is 6.10 Å². The Bertz CT molecular complexity index is 755. The molecule has 6 nitrogen and oxygen atoms in total. The van der Waals surface area contributed by atoms with Crippen LogP contribution in [0.5, 0.6) is 0 Å². The summed E-state index contributed by atoms with van der Waals surface area (Å²) in [5, 5.41) is 6.62. The minimum atomic E-state index is -0.391. The molecule has 116 valence electrons. The molecule has 2 heterocycles. The fourth-order valence-electron chi connectivity index (χ4n) is 2.17. The van der Waals surface area contributed by atoms with Crippen molar-refractivity contribution in [2.75, 3.05) is 0 Å². The van der Waals surface area contributed by atoms with Crippen LogP contribution in [0, 0.1) is 0 Å². The number of ether oxygens (including phenoxy) is 1. The molecule has 23 heavy (non-hydrogen) atoms. The van der Waals surface area contributed by atoms with Crippen LogP contribution in [0.15, 0.2) is 55.0 Å². The second-order valence-electron chi connectivity index (χ2n) is 5.11. The predicted molar refractivity (Wildman–Crippen MR) is 83.7 cm³/mol. The Kier molecular flexibility index (Phi) is 4.42. The van der Waals surface area contributed by atoms with Crippen LogP contribution in [0.1, 0.15) is 40.5 Å². The van der Waals surface area contributed by atoms with Gasteiger partial charge in [-0.05, 0) is 36.8 Å². The number of esters is 1. The molecular weight excluding hydrogens is 292 g/mol. The predicted octanol–water partition coefficient (Wildman–Crippen LogP) is 2.71. The van der Waals surface area contributed by atoms with E-state index >= 15 is 0 Å². The Morgan fingerprint density at radius 2 is 2.00 bits per heavy atom. The molecular formula is C17H16N4O2. The molecule has 3 aromatic rings. The zero-order valence-electron chi connectivity index (χ0n) is 12.6. The van der Waals surface area contributed by atoms with Gasteiger partial charge in [-0.3, -0.25) is 10.1 Å². The first kappa shape index (κ1) is 14.9. The van der Waals surface area contributed by atoms with Gasteiger partial charge in [-0.2, -0.15) is 5.10 Å². The van der Waals surface area contributed by atoms with Crippen LogP contribution in [0.25, 0.3) is 0 Å². The van der Waals surface area contributed by atoms with Gasteiger partial charge in [-0.15, -0.1) is 0 Å². The van der Waals surface area contributed by atoms with E-state index in [0.717, 1.165) is 17.1 Å². The highest BCUT2D eigenvalue weighted by Gasteiger charge is 2.14. The van der Waals surface area contributed by atoms with Crippen LogP contribution >= 0.6 is 0 Å². The molecule has 1 unspecified atom stereocenters. The van der Waals surface area contributed by atoms with Crippen molar-refractivity contribution < 1.29 is 9.53 Å². The molecule has 1 atom stereocenters. The highest BCUT2D eigenvalue weighted by atomic mass is 16.5. The molecule has 0 radical (unpaired) electrons. The lowest BCUT2D eigenvalue weighted by Gasteiger charge is -2.12. The maximum atomic E-state index is 12.2. The van der Waals surface area contributed by atoms with E-state index in [1.54, 1.807) is 25.3 Å². The molecule has 1 N–H and O–H groups in total. The first-order valence-corrected chi connectivity index (χ1v) is 7.27. The first-order chi connectivity index (χ1) is 11.2. The van der Waals surface area contributed by atoms with E-state index in [2.05, 4.69) is 20.2 Å². The molecule has 0 spiro atoms. The van der Waals surface area contributed by atoms with Crippen LogP contribution < -0.4 is 0 Å². The zero-order chi connectivity index (χ0) is 16.1. The standard InChI is InChI=1S/C17H16N4O2/c1-12(15-4-2-3-9-18-15)23-17(22)14-7-5-13(6-8-14)10-16-19-11-20-21-16/h2-9,11-12H,10H2,1H3,(H,19,20,21). The normalized spacial score (nSPS) is 11.9. The van der Waals surface area contributed by atoms with Crippen molar-refractivity contribution in [1.29, 1.82) is 0 Å². The Morgan fingerprint density at radius 1 is 1.17 bits per heavy atom. The summed E-state index contributed by atoms with van der Waals surface area (Å²) in [6, 6.07) is 12.8. The fraction of sp³-hybridized carbons (Fsp3) is 0.176. The number of hydrogen-bond donors (Lipinski definition) is 1. The number of carbonyl (C=O) groups excluding carboxylic acids is 1. The minimum Gasteiger partial charge on any atom is -0.453 e. The molecule has 0 saturated carbocycles. The number of pyridine rings is 1. The maximum absolute atomic E-state index is 12.2. The third-order valence-corrected chi connectivity index (χ3v) is 3.41. The number of nitrogens with zero attached hydrogens (tertiary/aromatic N) is 3. The number of H-pyrrole nitrogens is 1. The molecule has 2 aromatic heterocycles. The topological polar surface area (TPSA) is 80.8 Å². The number of aromatic amines is 1. The minimum absolute atomic E-state index is 0.366. The van der Waals surface area contributed by atoms with Crippen molar-refractivity contribution in [1.82, 2.24) is 20.2 Å². The van der Waals surface area contributed by atoms with Crippen molar-refractivity contribution in [3.63, 3.8) is 0 Å². The van der Waals surface area contributed by atoms with Gasteiger partial charge in [0, 0.05) is 12.6 Å². The maximum Gasteiger partial charge on any atom is 0.338 e. The van der Waals surface area contributed by atoms with E-state index in [1.165, 1.54) is 6.33 Å². The van der Waals surface area contributed by atoms with Crippen molar-refractivity contribution in [2.24, 2.45) is 0 Å². The van der Waals surface area contributed by atoms with Gasteiger partial charge < -0.3 is 4.74 Å². The van der Waals surface area contributed by atoms with Gasteiger partial charge in [0.25, 0.3) is 0 Å². The van der Waals surface area contributed by atoms with Gasteiger partial charge in [0.2, 0.25) is 0 Å². The molecule has 0 fully saturated rings. The van der Waals surface area contributed by atoms with Crippen LogP contribution in [0.3, 0.4) is 0 Å². The number of carbonyl (C=O) groups is 1. The molecule has 6 heteroatoms. The first-order valence-electron chi connectivity index (χ1n) is 7.27. The summed E-state index contributed by atoms with van der Waals surface area (Å²) in [4.78, 5) is 20.4. The third-order valence-electron chi connectivity index (χ3n) is 3.41. The van der Waals surface area contributed by atoms with Crippen molar-refractivity contribution >= 4 is 5.97 Å². The molecule has 0 saturated heterocycles. The number of nitrogens with one attached hydrogen (secondary N) is 1.